The summed E-state index contributed by atoms with van der Waals surface area (Å²) >= 11 is 0. The molecule has 3 rings (SSSR count). The summed E-state index contributed by atoms with van der Waals surface area (Å²) < 4.78 is 1.01. The summed E-state index contributed by atoms with van der Waals surface area (Å²) in [6, 6.07) is 7.92. The molecular weight excluding hydrogens is 260 g/mol. The van der Waals surface area contributed by atoms with Gasteiger partial charge in [0.15, 0.2) is 0 Å². The number of amides is 2. The molecule has 0 bridgehead atoms. The fourth-order valence-electron chi connectivity index (χ4n) is 2.07. The maximum absolute atomic E-state index is 12.1. The Balaban J connectivity index is 1.85. The molecule has 7 nitrogen and oxygen atoms in total. The highest BCUT2D eigenvalue weighted by Gasteiger charge is 2.36. The zero-order chi connectivity index (χ0) is 14.3. The normalized spacial score (nSPS) is 13.7. The molecule has 1 aliphatic heterocycles. The second-order valence-corrected chi connectivity index (χ2v) is 4.32. The Hall–Kier alpha value is -2.96. The predicted molar refractivity (Wildman–Crippen MR) is 69.1 cm³/mol. The van der Waals surface area contributed by atoms with Crippen molar-refractivity contribution < 1.29 is 14.4 Å². The van der Waals surface area contributed by atoms with Gasteiger partial charge in [0.05, 0.1) is 11.1 Å². The number of carbonyl (C=O) groups is 3. The molecule has 0 spiro atoms. The molecule has 1 aromatic heterocycles. The highest BCUT2D eigenvalue weighted by Crippen LogP contribution is 2.22. The van der Waals surface area contributed by atoms with E-state index in [9.17, 15) is 14.4 Å². The minimum Gasteiger partial charge on any atom is -0.382 e. The van der Waals surface area contributed by atoms with Crippen LogP contribution in [0.3, 0.4) is 0 Å². The van der Waals surface area contributed by atoms with E-state index < -0.39 is 17.7 Å². The lowest BCUT2D eigenvalue weighted by molar-refractivity contribution is 0.0601. The van der Waals surface area contributed by atoms with Gasteiger partial charge in [0.1, 0.15) is 12.4 Å². The molecule has 2 heterocycles. The van der Waals surface area contributed by atoms with Gasteiger partial charge in [0, 0.05) is 12.3 Å². The van der Waals surface area contributed by atoms with Crippen molar-refractivity contribution in [3.8, 4) is 0 Å². The summed E-state index contributed by atoms with van der Waals surface area (Å²) in [6.45, 7) is -0.368. The van der Waals surface area contributed by atoms with Gasteiger partial charge in [-0.15, -0.1) is 5.10 Å². The number of benzene rings is 1. The number of anilines is 1. The fraction of sp³-hybridized carbons (Fsp3) is 0.0769. The van der Waals surface area contributed by atoms with Gasteiger partial charge in [-0.25, -0.2) is 4.68 Å². The van der Waals surface area contributed by atoms with E-state index in [-0.39, 0.29) is 12.4 Å². The number of rotatable bonds is 2. The SMILES string of the molecule is Nc1ccn(C(=O)CN2C(=O)c3ccccc3C2=O)n1. The summed E-state index contributed by atoms with van der Waals surface area (Å²) in [5, 5.41) is 3.75. The maximum atomic E-state index is 12.1. The molecule has 2 amide bonds. The molecule has 0 unspecified atom stereocenters. The van der Waals surface area contributed by atoms with Crippen LogP contribution >= 0.6 is 0 Å². The van der Waals surface area contributed by atoms with Gasteiger partial charge in [-0.3, -0.25) is 19.3 Å². The Labute approximate surface area is 113 Å². The molecule has 7 heteroatoms. The number of nitrogens with two attached hydrogens (primary N) is 1. The zero-order valence-electron chi connectivity index (χ0n) is 10.3. The molecule has 0 saturated heterocycles. The van der Waals surface area contributed by atoms with Crippen LogP contribution in [0.1, 0.15) is 25.5 Å². The second kappa shape index (κ2) is 4.30. The van der Waals surface area contributed by atoms with E-state index in [2.05, 4.69) is 5.10 Å². The molecule has 1 aliphatic rings. The van der Waals surface area contributed by atoms with Crippen molar-refractivity contribution in [2.75, 3.05) is 12.3 Å². The van der Waals surface area contributed by atoms with E-state index in [1.807, 2.05) is 0 Å². The monoisotopic (exact) mass is 270 g/mol. The molecule has 0 saturated carbocycles. The molecule has 2 aromatic rings. The van der Waals surface area contributed by atoms with Gasteiger partial charge in [-0.05, 0) is 12.1 Å². The highest BCUT2D eigenvalue weighted by atomic mass is 16.2. The minimum atomic E-state index is -0.504. The Morgan fingerprint density at radius 3 is 2.20 bits per heavy atom. The summed E-state index contributed by atoms with van der Waals surface area (Å²) in [7, 11) is 0. The first-order valence-corrected chi connectivity index (χ1v) is 5.87. The van der Waals surface area contributed by atoms with Crippen LogP contribution in [0.5, 0.6) is 0 Å². The van der Waals surface area contributed by atoms with Crippen LogP contribution in [0.25, 0.3) is 0 Å². The molecule has 0 aliphatic carbocycles. The van der Waals surface area contributed by atoms with Crippen LogP contribution in [0, 0.1) is 0 Å². The Morgan fingerprint density at radius 2 is 1.70 bits per heavy atom. The number of hydrogen-bond donors (Lipinski definition) is 1. The number of nitrogens with zero attached hydrogens (tertiary/aromatic N) is 3. The fourth-order valence-corrected chi connectivity index (χ4v) is 2.07. The van der Waals surface area contributed by atoms with Crippen LogP contribution < -0.4 is 5.73 Å². The highest BCUT2D eigenvalue weighted by molar-refractivity contribution is 6.22. The number of aromatic nitrogens is 2. The molecule has 0 radical (unpaired) electrons. The molecule has 20 heavy (non-hydrogen) atoms. The van der Waals surface area contributed by atoms with Gasteiger partial charge >= 0.3 is 0 Å². The lowest BCUT2D eigenvalue weighted by Gasteiger charge is -2.12. The zero-order valence-corrected chi connectivity index (χ0v) is 10.3. The largest absolute Gasteiger partial charge is 0.382 e. The van der Waals surface area contributed by atoms with Gasteiger partial charge < -0.3 is 5.73 Å². The van der Waals surface area contributed by atoms with Crippen LogP contribution in [-0.2, 0) is 0 Å². The van der Waals surface area contributed by atoms with E-state index in [0.717, 1.165) is 9.58 Å². The van der Waals surface area contributed by atoms with Crippen LogP contribution in [0.15, 0.2) is 36.5 Å². The molecular formula is C13H10N4O3. The van der Waals surface area contributed by atoms with Gasteiger partial charge in [-0.1, -0.05) is 12.1 Å². The minimum absolute atomic E-state index is 0.195. The Morgan fingerprint density at radius 1 is 1.10 bits per heavy atom. The average molecular weight is 270 g/mol. The Kier molecular flexibility index (Phi) is 2.60. The first kappa shape index (κ1) is 12.1. The maximum Gasteiger partial charge on any atom is 0.267 e. The number of imide groups is 1. The van der Waals surface area contributed by atoms with E-state index >= 15 is 0 Å². The van der Waals surface area contributed by atoms with Crippen LogP contribution in [-0.4, -0.2) is 38.9 Å². The summed E-state index contributed by atoms with van der Waals surface area (Å²) in [5.41, 5.74) is 6.04. The quantitative estimate of drug-likeness (QED) is 0.796. The first-order chi connectivity index (χ1) is 9.58. The van der Waals surface area contributed by atoms with Crippen molar-refractivity contribution in [3.63, 3.8) is 0 Å². The average Bonchev–Trinajstić information content (AvgIpc) is 2.98. The van der Waals surface area contributed by atoms with Gasteiger partial charge in [0.25, 0.3) is 17.7 Å². The Bertz CT molecular complexity index is 700. The van der Waals surface area contributed by atoms with E-state index in [1.165, 1.54) is 12.3 Å². The van der Waals surface area contributed by atoms with Crippen LogP contribution in [0.2, 0.25) is 0 Å². The van der Waals surface area contributed by atoms with Gasteiger partial charge in [-0.2, -0.15) is 0 Å². The third-order valence-corrected chi connectivity index (χ3v) is 3.04. The number of fused-ring (bicyclic) bond motifs is 1. The van der Waals surface area contributed by atoms with Crippen molar-refractivity contribution >= 4 is 23.5 Å². The standard InChI is InChI=1S/C13H10N4O3/c14-10-5-6-17(15-10)11(18)7-16-12(19)8-3-1-2-4-9(8)13(16)20/h1-6H,7H2,(H2,14,15). The summed E-state index contributed by atoms with van der Waals surface area (Å²) in [6.07, 6.45) is 1.38. The smallest absolute Gasteiger partial charge is 0.267 e. The molecule has 0 fully saturated rings. The van der Waals surface area contributed by atoms with Crippen molar-refractivity contribution in [1.29, 1.82) is 0 Å². The molecule has 100 valence electrons. The molecule has 0 atom stereocenters. The molecule has 1 aromatic carbocycles. The number of carbonyl (C=O) groups excluding carboxylic acids is 3. The van der Waals surface area contributed by atoms with Crippen molar-refractivity contribution in [2.45, 2.75) is 0 Å². The number of nitrogen functional groups attached to an aromatic ring is 1. The number of hydrogen-bond acceptors (Lipinski definition) is 5. The third-order valence-electron chi connectivity index (χ3n) is 3.04. The van der Waals surface area contributed by atoms with E-state index in [0.29, 0.717) is 11.1 Å². The van der Waals surface area contributed by atoms with Crippen molar-refractivity contribution in [3.05, 3.63) is 47.7 Å². The lowest BCUT2D eigenvalue weighted by atomic mass is 10.1. The van der Waals surface area contributed by atoms with Crippen LogP contribution in [0.4, 0.5) is 5.82 Å². The third kappa shape index (κ3) is 1.76. The first-order valence-electron chi connectivity index (χ1n) is 5.87. The van der Waals surface area contributed by atoms with Crippen molar-refractivity contribution in [2.24, 2.45) is 0 Å². The van der Waals surface area contributed by atoms with Gasteiger partial charge in [0.2, 0.25) is 0 Å². The van der Waals surface area contributed by atoms with E-state index in [1.54, 1.807) is 24.3 Å². The summed E-state index contributed by atoms with van der Waals surface area (Å²) in [4.78, 5) is 37.0. The summed E-state index contributed by atoms with van der Waals surface area (Å²) in [5.74, 6) is -1.25. The topological polar surface area (TPSA) is 98.3 Å². The molecule has 2 N–H and O–H groups in total. The van der Waals surface area contributed by atoms with Crippen molar-refractivity contribution in [1.82, 2.24) is 14.7 Å². The lowest BCUT2D eigenvalue weighted by Crippen LogP contribution is -2.37. The van der Waals surface area contributed by atoms with E-state index in [4.69, 9.17) is 5.73 Å². The predicted octanol–water partition coefficient (Wildman–Crippen LogP) is 0.402. The second-order valence-electron chi connectivity index (χ2n) is 4.32.